The summed E-state index contributed by atoms with van der Waals surface area (Å²) in [6.07, 6.45) is 2.95. The molecule has 2 aliphatic rings. The van der Waals surface area contributed by atoms with Gasteiger partial charge in [0, 0.05) is 44.1 Å². The van der Waals surface area contributed by atoms with Crippen molar-refractivity contribution in [1.82, 2.24) is 9.80 Å². The fourth-order valence-electron chi connectivity index (χ4n) is 3.87. The van der Waals surface area contributed by atoms with Crippen molar-refractivity contribution < 1.29 is 14.0 Å². The number of furan rings is 1. The molecule has 1 N–H and O–H groups in total. The summed E-state index contributed by atoms with van der Waals surface area (Å²) >= 11 is 0. The average molecular weight is 382 g/mol. The van der Waals surface area contributed by atoms with Gasteiger partial charge < -0.3 is 24.4 Å². The largest absolute Gasteiger partial charge is 0.459 e. The summed E-state index contributed by atoms with van der Waals surface area (Å²) in [5, 5.41) is 2.96. The minimum atomic E-state index is -0.463. The van der Waals surface area contributed by atoms with E-state index in [9.17, 15) is 9.59 Å². The Morgan fingerprint density at radius 2 is 1.79 bits per heavy atom. The van der Waals surface area contributed by atoms with Crippen LogP contribution in [-0.4, -0.2) is 67.4 Å². The second-order valence-electron chi connectivity index (χ2n) is 7.46. The molecule has 2 aromatic rings. The predicted octanol–water partition coefficient (Wildman–Crippen LogP) is 2.27. The molecule has 0 spiro atoms. The predicted molar refractivity (Wildman–Crippen MR) is 108 cm³/mol. The molecular weight excluding hydrogens is 356 g/mol. The molecule has 2 amide bonds. The summed E-state index contributed by atoms with van der Waals surface area (Å²) in [5.41, 5.74) is 1.92. The number of hydrogen-bond donors (Lipinski definition) is 1. The minimum absolute atomic E-state index is 0.148. The van der Waals surface area contributed by atoms with Gasteiger partial charge in [0.2, 0.25) is 5.91 Å². The lowest BCUT2D eigenvalue weighted by molar-refractivity contribution is -0.119. The Hall–Kier alpha value is -2.80. The average Bonchev–Trinajstić information content (AvgIpc) is 3.41. The van der Waals surface area contributed by atoms with Crippen LogP contribution in [0.3, 0.4) is 0 Å². The van der Waals surface area contributed by atoms with Crippen LogP contribution in [0.4, 0.5) is 11.4 Å². The van der Waals surface area contributed by atoms with Gasteiger partial charge in [0.05, 0.1) is 6.26 Å². The summed E-state index contributed by atoms with van der Waals surface area (Å²) in [6.45, 7) is 4.70. The van der Waals surface area contributed by atoms with Crippen molar-refractivity contribution in [3.8, 4) is 0 Å². The lowest BCUT2D eigenvalue weighted by Crippen LogP contribution is -2.44. The van der Waals surface area contributed by atoms with E-state index in [2.05, 4.69) is 22.2 Å². The van der Waals surface area contributed by atoms with E-state index in [0.717, 1.165) is 38.3 Å². The van der Waals surface area contributed by atoms with Crippen molar-refractivity contribution in [3.63, 3.8) is 0 Å². The van der Waals surface area contributed by atoms with Crippen molar-refractivity contribution in [2.24, 2.45) is 0 Å². The number of hydrogen-bond acceptors (Lipinski definition) is 5. The smallest absolute Gasteiger partial charge is 0.290 e. The maximum Gasteiger partial charge on any atom is 0.290 e. The first-order chi connectivity index (χ1) is 13.6. The Bertz CT molecular complexity index is 811. The first-order valence-electron chi connectivity index (χ1n) is 9.81. The number of nitrogens with one attached hydrogen (secondary N) is 1. The SMILES string of the molecule is CN1CCN(c2ccc(NC(=O)[C@@H]3CCCN3C(=O)c3ccco3)cc2)CC1. The topological polar surface area (TPSA) is 69.0 Å². The molecule has 1 atom stereocenters. The van der Waals surface area contributed by atoms with E-state index >= 15 is 0 Å². The minimum Gasteiger partial charge on any atom is -0.459 e. The van der Waals surface area contributed by atoms with Crippen molar-refractivity contribution in [1.29, 1.82) is 0 Å². The van der Waals surface area contributed by atoms with Gasteiger partial charge in [-0.15, -0.1) is 0 Å². The van der Waals surface area contributed by atoms with Crippen LogP contribution in [0.2, 0.25) is 0 Å². The standard InChI is InChI=1S/C21H26N4O3/c1-23-11-13-24(14-12-23)17-8-6-16(7-9-17)22-20(26)18-4-2-10-25(18)21(27)19-5-3-15-28-19/h3,5-9,15,18H,2,4,10-14H2,1H3,(H,22,26)/t18-/m0/s1. The van der Waals surface area contributed by atoms with E-state index in [1.165, 1.54) is 12.0 Å². The first kappa shape index (κ1) is 18.6. The van der Waals surface area contributed by atoms with Gasteiger partial charge in [-0.05, 0) is 56.3 Å². The number of anilines is 2. The lowest BCUT2D eigenvalue weighted by atomic mass is 10.2. The summed E-state index contributed by atoms with van der Waals surface area (Å²) in [6, 6.07) is 10.8. The van der Waals surface area contributed by atoms with Crippen molar-refractivity contribution in [3.05, 3.63) is 48.4 Å². The zero-order chi connectivity index (χ0) is 19.5. The van der Waals surface area contributed by atoms with E-state index in [-0.39, 0.29) is 17.6 Å². The van der Waals surface area contributed by atoms with Crippen LogP contribution >= 0.6 is 0 Å². The molecule has 7 heteroatoms. The second kappa shape index (κ2) is 8.06. The third-order valence-electron chi connectivity index (χ3n) is 5.55. The van der Waals surface area contributed by atoms with Gasteiger partial charge in [-0.3, -0.25) is 9.59 Å². The summed E-state index contributed by atoms with van der Waals surface area (Å²) in [5.74, 6) is -0.103. The fourth-order valence-corrected chi connectivity index (χ4v) is 3.87. The molecule has 28 heavy (non-hydrogen) atoms. The van der Waals surface area contributed by atoms with Gasteiger partial charge in [0.1, 0.15) is 6.04 Å². The van der Waals surface area contributed by atoms with Gasteiger partial charge in [-0.1, -0.05) is 0 Å². The van der Waals surface area contributed by atoms with Crippen LogP contribution in [0, 0.1) is 0 Å². The maximum absolute atomic E-state index is 12.8. The maximum atomic E-state index is 12.8. The van der Waals surface area contributed by atoms with E-state index in [0.29, 0.717) is 13.0 Å². The summed E-state index contributed by atoms with van der Waals surface area (Å²) < 4.78 is 5.20. The van der Waals surface area contributed by atoms with Crippen LogP contribution < -0.4 is 10.2 Å². The molecule has 1 aromatic heterocycles. The summed E-state index contributed by atoms with van der Waals surface area (Å²) in [7, 11) is 2.14. The van der Waals surface area contributed by atoms with E-state index in [1.807, 2.05) is 24.3 Å². The number of nitrogens with zero attached hydrogens (tertiary/aromatic N) is 3. The molecule has 4 rings (SSSR count). The van der Waals surface area contributed by atoms with Gasteiger partial charge in [0.15, 0.2) is 5.76 Å². The number of rotatable bonds is 4. The second-order valence-corrected chi connectivity index (χ2v) is 7.46. The lowest BCUT2D eigenvalue weighted by Gasteiger charge is -2.34. The molecule has 0 saturated carbocycles. The Morgan fingerprint density at radius 3 is 2.46 bits per heavy atom. The number of carbonyl (C=O) groups is 2. The van der Waals surface area contributed by atoms with Crippen LogP contribution in [0.25, 0.3) is 0 Å². The normalized spacial score (nSPS) is 20.4. The first-order valence-corrected chi connectivity index (χ1v) is 9.81. The zero-order valence-electron chi connectivity index (χ0n) is 16.1. The highest BCUT2D eigenvalue weighted by atomic mass is 16.3. The Morgan fingerprint density at radius 1 is 1.04 bits per heavy atom. The Balaban J connectivity index is 1.38. The number of likely N-dealkylation sites (N-methyl/N-ethyl adjacent to an activating group) is 1. The molecule has 0 unspecified atom stereocenters. The Labute approximate surface area is 164 Å². The molecule has 148 valence electrons. The van der Waals surface area contributed by atoms with Crippen molar-refractivity contribution >= 4 is 23.2 Å². The van der Waals surface area contributed by atoms with Crippen LogP contribution in [-0.2, 0) is 4.79 Å². The van der Waals surface area contributed by atoms with Crippen LogP contribution in [0.1, 0.15) is 23.4 Å². The number of piperazine rings is 1. The highest BCUT2D eigenvalue weighted by molar-refractivity contribution is 6.00. The monoisotopic (exact) mass is 382 g/mol. The highest BCUT2D eigenvalue weighted by Gasteiger charge is 2.35. The molecule has 0 aliphatic carbocycles. The van der Waals surface area contributed by atoms with Gasteiger partial charge in [-0.25, -0.2) is 0 Å². The molecule has 2 fully saturated rings. The zero-order valence-corrected chi connectivity index (χ0v) is 16.1. The number of benzene rings is 1. The summed E-state index contributed by atoms with van der Waals surface area (Å²) in [4.78, 5) is 31.6. The Kier molecular flexibility index (Phi) is 5.34. The van der Waals surface area contributed by atoms with Gasteiger partial charge >= 0.3 is 0 Å². The van der Waals surface area contributed by atoms with Gasteiger partial charge in [-0.2, -0.15) is 0 Å². The fraction of sp³-hybridized carbons (Fsp3) is 0.429. The van der Waals surface area contributed by atoms with Crippen molar-refractivity contribution in [2.75, 3.05) is 50.0 Å². The van der Waals surface area contributed by atoms with Crippen molar-refractivity contribution in [2.45, 2.75) is 18.9 Å². The third-order valence-corrected chi connectivity index (χ3v) is 5.55. The van der Waals surface area contributed by atoms with E-state index < -0.39 is 6.04 Å². The molecule has 1 aromatic carbocycles. The number of likely N-dealkylation sites (tertiary alicyclic amines) is 1. The molecule has 2 saturated heterocycles. The number of amides is 2. The molecule has 3 heterocycles. The molecular formula is C21H26N4O3. The third kappa shape index (κ3) is 3.89. The molecule has 0 bridgehead atoms. The van der Waals surface area contributed by atoms with Crippen LogP contribution in [0.5, 0.6) is 0 Å². The molecule has 2 aliphatic heterocycles. The molecule has 7 nitrogen and oxygen atoms in total. The van der Waals surface area contributed by atoms with Crippen LogP contribution in [0.15, 0.2) is 47.1 Å². The number of carbonyl (C=O) groups excluding carboxylic acids is 2. The molecule has 0 radical (unpaired) electrons. The van der Waals surface area contributed by atoms with E-state index in [4.69, 9.17) is 4.42 Å². The quantitative estimate of drug-likeness (QED) is 0.879. The van der Waals surface area contributed by atoms with E-state index in [1.54, 1.807) is 17.0 Å². The highest BCUT2D eigenvalue weighted by Crippen LogP contribution is 2.23. The van der Waals surface area contributed by atoms with Gasteiger partial charge in [0.25, 0.3) is 5.91 Å².